The van der Waals surface area contributed by atoms with Crippen LogP contribution in [0.5, 0.6) is 0 Å². The van der Waals surface area contributed by atoms with Crippen molar-refractivity contribution in [1.29, 1.82) is 0 Å². The molecule has 2 atom stereocenters. The zero-order valence-electron chi connectivity index (χ0n) is 12.1. The van der Waals surface area contributed by atoms with Crippen LogP contribution in [-0.2, 0) is 4.74 Å². The van der Waals surface area contributed by atoms with E-state index in [1.165, 1.54) is 0 Å². The standard InChI is InChI=1S/C15H25NO2S/c1-15(2,3)11-16-6-7-18-10-12(16)9-13(17)14-5-4-8-19-14/h4-5,8,12-13,17H,6-7,9-11H2,1-3H3. The molecule has 0 aliphatic carbocycles. The summed E-state index contributed by atoms with van der Waals surface area (Å²) >= 11 is 1.62. The molecule has 1 saturated heterocycles. The largest absolute Gasteiger partial charge is 0.388 e. The first kappa shape index (κ1) is 15.0. The molecule has 1 fully saturated rings. The molecular formula is C15H25NO2S. The first-order valence-electron chi connectivity index (χ1n) is 6.99. The van der Waals surface area contributed by atoms with E-state index in [9.17, 15) is 5.11 Å². The molecule has 2 heterocycles. The molecule has 2 rings (SSSR count). The van der Waals surface area contributed by atoms with E-state index < -0.39 is 0 Å². The number of nitrogens with zero attached hydrogens (tertiary/aromatic N) is 1. The minimum absolute atomic E-state index is 0.281. The van der Waals surface area contributed by atoms with E-state index >= 15 is 0 Å². The summed E-state index contributed by atoms with van der Waals surface area (Å²) in [6.07, 6.45) is 0.394. The van der Waals surface area contributed by atoms with Crippen LogP contribution in [0.4, 0.5) is 0 Å². The number of hydrogen-bond donors (Lipinski definition) is 1. The number of rotatable bonds is 4. The molecule has 0 bridgehead atoms. The van der Waals surface area contributed by atoms with Gasteiger partial charge < -0.3 is 9.84 Å². The first-order valence-corrected chi connectivity index (χ1v) is 7.87. The molecular weight excluding hydrogens is 258 g/mol. The van der Waals surface area contributed by atoms with Crippen LogP contribution in [0.25, 0.3) is 0 Å². The number of ether oxygens (including phenoxy) is 1. The molecule has 4 heteroatoms. The third-order valence-electron chi connectivity index (χ3n) is 3.39. The molecule has 0 radical (unpaired) electrons. The fraction of sp³-hybridized carbons (Fsp3) is 0.733. The monoisotopic (exact) mass is 283 g/mol. The summed E-state index contributed by atoms with van der Waals surface area (Å²) in [6.45, 7) is 10.3. The highest BCUT2D eigenvalue weighted by Crippen LogP contribution is 2.27. The highest BCUT2D eigenvalue weighted by atomic mass is 32.1. The fourth-order valence-electron chi connectivity index (χ4n) is 2.58. The van der Waals surface area contributed by atoms with Crippen LogP contribution in [0.1, 0.15) is 38.2 Å². The van der Waals surface area contributed by atoms with Crippen LogP contribution in [0.3, 0.4) is 0 Å². The van der Waals surface area contributed by atoms with Gasteiger partial charge >= 0.3 is 0 Å². The maximum Gasteiger partial charge on any atom is 0.0897 e. The Balaban J connectivity index is 1.95. The van der Waals surface area contributed by atoms with Crippen molar-refractivity contribution in [3.63, 3.8) is 0 Å². The van der Waals surface area contributed by atoms with Crippen molar-refractivity contribution in [2.24, 2.45) is 5.41 Å². The van der Waals surface area contributed by atoms with E-state index in [1.807, 2.05) is 17.5 Å². The van der Waals surface area contributed by atoms with Gasteiger partial charge in [0.25, 0.3) is 0 Å². The van der Waals surface area contributed by atoms with E-state index in [1.54, 1.807) is 11.3 Å². The van der Waals surface area contributed by atoms with Crippen LogP contribution < -0.4 is 0 Å². The van der Waals surface area contributed by atoms with Gasteiger partial charge in [-0.05, 0) is 23.3 Å². The Bertz CT molecular complexity index is 372. The molecule has 108 valence electrons. The van der Waals surface area contributed by atoms with E-state index in [4.69, 9.17) is 4.74 Å². The Morgan fingerprint density at radius 3 is 2.95 bits per heavy atom. The van der Waals surface area contributed by atoms with Crippen molar-refractivity contribution in [2.45, 2.75) is 39.3 Å². The summed E-state index contributed by atoms with van der Waals surface area (Å²) in [5.41, 5.74) is 0.281. The SMILES string of the molecule is CC(C)(C)CN1CCOCC1CC(O)c1cccs1. The summed E-state index contributed by atoms with van der Waals surface area (Å²) in [5.74, 6) is 0. The number of aliphatic hydroxyl groups excluding tert-OH is 1. The lowest BCUT2D eigenvalue weighted by molar-refractivity contribution is -0.0374. The van der Waals surface area contributed by atoms with Crippen molar-refractivity contribution >= 4 is 11.3 Å². The molecule has 1 aromatic heterocycles. The van der Waals surface area contributed by atoms with Crippen molar-refractivity contribution < 1.29 is 9.84 Å². The smallest absolute Gasteiger partial charge is 0.0897 e. The predicted octanol–water partition coefficient (Wildman–Crippen LogP) is 2.92. The van der Waals surface area contributed by atoms with Gasteiger partial charge in [-0.1, -0.05) is 26.8 Å². The maximum atomic E-state index is 10.3. The average Bonchev–Trinajstić information content (AvgIpc) is 2.83. The molecule has 2 unspecified atom stereocenters. The molecule has 0 saturated carbocycles. The van der Waals surface area contributed by atoms with E-state index in [2.05, 4.69) is 25.7 Å². The van der Waals surface area contributed by atoms with Crippen LogP contribution >= 0.6 is 11.3 Å². The lowest BCUT2D eigenvalue weighted by Crippen LogP contribution is -2.49. The normalized spacial score (nSPS) is 23.5. The van der Waals surface area contributed by atoms with Gasteiger partial charge in [-0.15, -0.1) is 11.3 Å². The van der Waals surface area contributed by atoms with Gasteiger partial charge in [0.05, 0.1) is 19.3 Å². The third kappa shape index (κ3) is 4.56. The summed E-state index contributed by atoms with van der Waals surface area (Å²) in [6, 6.07) is 4.32. The molecule has 3 nitrogen and oxygen atoms in total. The minimum atomic E-state index is -0.367. The fourth-order valence-corrected chi connectivity index (χ4v) is 3.30. The molecule has 0 aromatic carbocycles. The second-order valence-electron chi connectivity index (χ2n) is 6.53. The average molecular weight is 283 g/mol. The van der Waals surface area contributed by atoms with Gasteiger partial charge in [0, 0.05) is 24.0 Å². The second-order valence-corrected chi connectivity index (χ2v) is 7.51. The highest BCUT2D eigenvalue weighted by Gasteiger charge is 2.29. The predicted molar refractivity (Wildman–Crippen MR) is 79.5 cm³/mol. The van der Waals surface area contributed by atoms with Gasteiger partial charge in [0.2, 0.25) is 0 Å². The molecule has 1 aromatic rings. The Morgan fingerprint density at radius 1 is 1.53 bits per heavy atom. The van der Waals surface area contributed by atoms with Crippen LogP contribution in [0.15, 0.2) is 17.5 Å². The summed E-state index contributed by atoms with van der Waals surface area (Å²) in [7, 11) is 0. The Kier molecular flexibility index (Phi) is 5.01. The van der Waals surface area contributed by atoms with Gasteiger partial charge in [0.1, 0.15) is 0 Å². The van der Waals surface area contributed by atoms with Gasteiger partial charge in [0.15, 0.2) is 0 Å². The number of aliphatic hydroxyl groups is 1. The van der Waals surface area contributed by atoms with Gasteiger partial charge in [-0.25, -0.2) is 0 Å². The summed E-state index contributed by atoms with van der Waals surface area (Å²) in [5, 5.41) is 12.3. The summed E-state index contributed by atoms with van der Waals surface area (Å²) in [4.78, 5) is 3.53. The Hall–Kier alpha value is -0.420. The lowest BCUT2D eigenvalue weighted by Gasteiger charge is -2.40. The molecule has 1 aliphatic rings. The van der Waals surface area contributed by atoms with Gasteiger partial charge in [-0.3, -0.25) is 4.90 Å². The van der Waals surface area contributed by atoms with Crippen LogP contribution in [0.2, 0.25) is 0 Å². The molecule has 1 N–H and O–H groups in total. The molecule has 0 amide bonds. The molecule has 0 spiro atoms. The lowest BCUT2D eigenvalue weighted by atomic mass is 9.94. The van der Waals surface area contributed by atoms with Crippen LogP contribution in [-0.4, -0.2) is 42.4 Å². The van der Waals surface area contributed by atoms with E-state index in [0.29, 0.717) is 6.04 Å². The highest BCUT2D eigenvalue weighted by molar-refractivity contribution is 7.10. The quantitative estimate of drug-likeness (QED) is 0.922. The third-order valence-corrected chi connectivity index (χ3v) is 4.37. The maximum absolute atomic E-state index is 10.3. The first-order chi connectivity index (χ1) is 8.96. The Labute approximate surface area is 120 Å². The number of hydrogen-bond acceptors (Lipinski definition) is 4. The van der Waals surface area contributed by atoms with Crippen molar-refractivity contribution in [3.05, 3.63) is 22.4 Å². The number of thiophene rings is 1. The van der Waals surface area contributed by atoms with Crippen LogP contribution in [0, 0.1) is 5.41 Å². The zero-order valence-corrected chi connectivity index (χ0v) is 12.9. The number of morpholine rings is 1. The zero-order chi connectivity index (χ0) is 13.9. The molecule has 1 aliphatic heterocycles. The van der Waals surface area contributed by atoms with Crippen molar-refractivity contribution in [1.82, 2.24) is 4.90 Å². The molecule has 19 heavy (non-hydrogen) atoms. The topological polar surface area (TPSA) is 32.7 Å². The summed E-state index contributed by atoms with van der Waals surface area (Å²) < 4.78 is 5.60. The van der Waals surface area contributed by atoms with Gasteiger partial charge in [-0.2, -0.15) is 0 Å². The van der Waals surface area contributed by atoms with E-state index in [0.717, 1.165) is 37.6 Å². The second kappa shape index (κ2) is 6.35. The Morgan fingerprint density at radius 2 is 2.32 bits per heavy atom. The minimum Gasteiger partial charge on any atom is -0.388 e. The van der Waals surface area contributed by atoms with Crippen molar-refractivity contribution in [2.75, 3.05) is 26.3 Å². The van der Waals surface area contributed by atoms with Crippen molar-refractivity contribution in [3.8, 4) is 0 Å². The van der Waals surface area contributed by atoms with E-state index in [-0.39, 0.29) is 11.5 Å².